The second-order valence-electron chi connectivity index (χ2n) is 6.84. The number of aromatic carboxylic acids is 1. The number of nitrogens with zero attached hydrogens (tertiary/aromatic N) is 2. The summed E-state index contributed by atoms with van der Waals surface area (Å²) in [5.74, 6) is -0.822. The lowest BCUT2D eigenvalue weighted by atomic mass is 10.0. The minimum Gasteiger partial charge on any atom is -0.478 e. The topological polar surface area (TPSA) is 45.5 Å². The zero-order valence-electron chi connectivity index (χ0n) is 14.8. The Bertz CT molecular complexity index is 727. The van der Waals surface area contributed by atoms with E-state index < -0.39 is 5.97 Å². The molecule has 0 bridgehead atoms. The molecule has 4 heteroatoms. The van der Waals surface area contributed by atoms with Gasteiger partial charge in [0.2, 0.25) is 0 Å². The van der Waals surface area contributed by atoms with E-state index in [1.807, 2.05) is 6.07 Å². The number of carboxylic acids is 1. The van der Waals surface area contributed by atoms with Crippen molar-refractivity contribution in [2.45, 2.75) is 52.5 Å². The maximum atomic E-state index is 11.8. The molecule has 0 aliphatic carbocycles. The predicted octanol–water partition coefficient (Wildman–Crippen LogP) is 3.95. The van der Waals surface area contributed by atoms with E-state index in [4.69, 9.17) is 0 Å². The molecule has 1 saturated heterocycles. The number of fused-ring (bicyclic) bond motifs is 1. The van der Waals surface area contributed by atoms with Gasteiger partial charge in [-0.3, -0.25) is 0 Å². The van der Waals surface area contributed by atoms with Crippen LogP contribution in [0.4, 0.5) is 0 Å². The first kappa shape index (κ1) is 17.0. The largest absolute Gasteiger partial charge is 0.478 e. The van der Waals surface area contributed by atoms with E-state index in [1.165, 1.54) is 31.5 Å². The van der Waals surface area contributed by atoms with E-state index in [9.17, 15) is 9.90 Å². The molecule has 130 valence electrons. The van der Waals surface area contributed by atoms with Crippen molar-refractivity contribution in [1.29, 1.82) is 0 Å². The Morgan fingerprint density at radius 2 is 1.92 bits per heavy atom. The highest BCUT2D eigenvalue weighted by atomic mass is 16.4. The van der Waals surface area contributed by atoms with Gasteiger partial charge in [0.1, 0.15) is 0 Å². The van der Waals surface area contributed by atoms with Crippen LogP contribution in [0.3, 0.4) is 0 Å². The second-order valence-corrected chi connectivity index (χ2v) is 6.84. The molecule has 1 aliphatic rings. The summed E-state index contributed by atoms with van der Waals surface area (Å²) < 4.78 is 2.15. The number of carbonyl (C=O) groups is 1. The standard InChI is InChI=1S/C20H28N2O2/c1-3-8-22-14-16(7-11-21-9-5-6-10-21)17-12-15(4-2)13-18(19(17)22)20(23)24/h12-14H,3-11H2,1-2H3,(H,23,24). The van der Waals surface area contributed by atoms with Crippen LogP contribution in [-0.2, 0) is 19.4 Å². The third-order valence-electron chi connectivity index (χ3n) is 5.11. The zero-order chi connectivity index (χ0) is 17.1. The average Bonchev–Trinajstić information content (AvgIpc) is 3.20. The summed E-state index contributed by atoms with van der Waals surface area (Å²) in [7, 11) is 0. The van der Waals surface area contributed by atoms with E-state index in [1.54, 1.807) is 0 Å². The van der Waals surface area contributed by atoms with Gasteiger partial charge >= 0.3 is 5.97 Å². The molecule has 1 aromatic carbocycles. The Hall–Kier alpha value is -1.81. The number of hydrogen-bond donors (Lipinski definition) is 1. The SMILES string of the molecule is CCCn1cc(CCN2CCCC2)c2cc(CC)cc(C(=O)O)c21. The van der Waals surface area contributed by atoms with Gasteiger partial charge in [-0.05, 0) is 68.5 Å². The molecule has 0 spiro atoms. The zero-order valence-corrected chi connectivity index (χ0v) is 14.8. The fourth-order valence-electron chi connectivity index (χ4n) is 3.84. The number of aryl methyl sites for hydroxylation is 2. The molecule has 0 unspecified atom stereocenters. The molecule has 0 radical (unpaired) electrons. The quantitative estimate of drug-likeness (QED) is 0.837. The molecule has 24 heavy (non-hydrogen) atoms. The van der Waals surface area contributed by atoms with Crippen molar-refractivity contribution >= 4 is 16.9 Å². The van der Waals surface area contributed by atoms with Crippen LogP contribution in [0, 0.1) is 0 Å². The maximum Gasteiger partial charge on any atom is 0.337 e. The molecule has 0 atom stereocenters. The Morgan fingerprint density at radius 1 is 1.17 bits per heavy atom. The average molecular weight is 328 g/mol. The highest BCUT2D eigenvalue weighted by Gasteiger charge is 2.19. The number of carboxylic acid groups (broad SMARTS) is 1. The van der Waals surface area contributed by atoms with E-state index in [0.29, 0.717) is 5.56 Å². The van der Waals surface area contributed by atoms with Crippen molar-refractivity contribution in [1.82, 2.24) is 9.47 Å². The molecular formula is C20H28N2O2. The first-order chi connectivity index (χ1) is 11.6. The Balaban J connectivity index is 2.03. The molecule has 2 heterocycles. The van der Waals surface area contributed by atoms with Gasteiger partial charge in [0.05, 0.1) is 11.1 Å². The highest BCUT2D eigenvalue weighted by molar-refractivity contribution is 6.04. The van der Waals surface area contributed by atoms with Crippen molar-refractivity contribution < 1.29 is 9.90 Å². The third-order valence-corrected chi connectivity index (χ3v) is 5.11. The van der Waals surface area contributed by atoms with E-state index in [-0.39, 0.29) is 0 Å². The Morgan fingerprint density at radius 3 is 2.54 bits per heavy atom. The van der Waals surface area contributed by atoms with Gasteiger partial charge < -0.3 is 14.6 Å². The smallest absolute Gasteiger partial charge is 0.337 e. The number of benzene rings is 1. The molecule has 0 saturated carbocycles. The van der Waals surface area contributed by atoms with Crippen molar-refractivity contribution in [2.24, 2.45) is 0 Å². The number of aromatic nitrogens is 1. The number of rotatable bonds is 7. The van der Waals surface area contributed by atoms with Crippen LogP contribution >= 0.6 is 0 Å². The minimum absolute atomic E-state index is 0.449. The van der Waals surface area contributed by atoms with Gasteiger partial charge in [-0.1, -0.05) is 13.8 Å². The summed E-state index contributed by atoms with van der Waals surface area (Å²) in [6.45, 7) is 8.56. The highest BCUT2D eigenvalue weighted by Crippen LogP contribution is 2.28. The number of likely N-dealkylation sites (tertiary alicyclic amines) is 1. The lowest BCUT2D eigenvalue weighted by molar-refractivity contribution is 0.0698. The third kappa shape index (κ3) is 3.34. The fraction of sp³-hybridized carbons (Fsp3) is 0.550. The first-order valence-corrected chi connectivity index (χ1v) is 9.24. The monoisotopic (exact) mass is 328 g/mol. The van der Waals surface area contributed by atoms with E-state index in [2.05, 4.69) is 35.6 Å². The molecule has 4 nitrogen and oxygen atoms in total. The van der Waals surface area contributed by atoms with Crippen LogP contribution in [0.15, 0.2) is 18.3 Å². The predicted molar refractivity (Wildman–Crippen MR) is 97.9 cm³/mol. The van der Waals surface area contributed by atoms with Crippen LogP contribution in [0.1, 0.15) is 54.6 Å². The molecular weight excluding hydrogens is 300 g/mol. The number of hydrogen-bond acceptors (Lipinski definition) is 2. The van der Waals surface area contributed by atoms with Gasteiger partial charge in [0, 0.05) is 24.7 Å². The Labute approximate surface area is 144 Å². The molecule has 1 fully saturated rings. The van der Waals surface area contributed by atoms with Crippen LogP contribution in [0.25, 0.3) is 10.9 Å². The van der Waals surface area contributed by atoms with Gasteiger partial charge in [0.25, 0.3) is 0 Å². The van der Waals surface area contributed by atoms with E-state index in [0.717, 1.165) is 48.8 Å². The molecule has 1 N–H and O–H groups in total. The lowest BCUT2D eigenvalue weighted by Gasteiger charge is -2.13. The van der Waals surface area contributed by atoms with Crippen LogP contribution in [-0.4, -0.2) is 40.2 Å². The molecule has 3 rings (SSSR count). The molecule has 1 aromatic heterocycles. The summed E-state index contributed by atoms with van der Waals surface area (Å²) in [5, 5.41) is 10.8. The van der Waals surface area contributed by atoms with Crippen LogP contribution in [0.2, 0.25) is 0 Å². The van der Waals surface area contributed by atoms with Crippen LogP contribution in [0.5, 0.6) is 0 Å². The summed E-state index contributed by atoms with van der Waals surface area (Å²) in [6, 6.07) is 4.05. The van der Waals surface area contributed by atoms with Gasteiger partial charge in [-0.2, -0.15) is 0 Å². The van der Waals surface area contributed by atoms with Crippen molar-refractivity contribution in [2.75, 3.05) is 19.6 Å². The maximum absolute atomic E-state index is 11.8. The van der Waals surface area contributed by atoms with Gasteiger partial charge in [0.15, 0.2) is 0 Å². The molecule has 2 aromatic rings. The van der Waals surface area contributed by atoms with Crippen LogP contribution < -0.4 is 0 Å². The summed E-state index contributed by atoms with van der Waals surface area (Å²) in [5.41, 5.74) is 3.75. The minimum atomic E-state index is -0.822. The van der Waals surface area contributed by atoms with Gasteiger partial charge in [-0.25, -0.2) is 4.79 Å². The first-order valence-electron chi connectivity index (χ1n) is 9.24. The molecule has 0 amide bonds. The van der Waals surface area contributed by atoms with E-state index >= 15 is 0 Å². The summed E-state index contributed by atoms with van der Waals surface area (Å²) >= 11 is 0. The Kier molecular flexibility index (Phi) is 5.24. The summed E-state index contributed by atoms with van der Waals surface area (Å²) in [4.78, 5) is 14.3. The molecule has 1 aliphatic heterocycles. The van der Waals surface area contributed by atoms with Crippen molar-refractivity contribution in [3.63, 3.8) is 0 Å². The van der Waals surface area contributed by atoms with Crippen molar-refractivity contribution in [3.05, 3.63) is 35.0 Å². The van der Waals surface area contributed by atoms with Crippen molar-refractivity contribution in [3.8, 4) is 0 Å². The van der Waals surface area contributed by atoms with Gasteiger partial charge in [-0.15, -0.1) is 0 Å². The second kappa shape index (κ2) is 7.39. The lowest BCUT2D eigenvalue weighted by Crippen LogP contribution is -2.21. The fourth-order valence-corrected chi connectivity index (χ4v) is 3.84. The summed E-state index contributed by atoms with van der Waals surface area (Å²) in [6.07, 6.45) is 7.67. The normalized spacial score (nSPS) is 15.4.